The molecule has 118 valence electrons. The zero-order valence-electron chi connectivity index (χ0n) is 12.2. The lowest BCUT2D eigenvalue weighted by Crippen LogP contribution is -2.37. The summed E-state index contributed by atoms with van der Waals surface area (Å²) in [7, 11) is 0. The van der Waals surface area contributed by atoms with E-state index < -0.39 is 0 Å². The smallest absolute Gasteiger partial charge is 0.240 e. The van der Waals surface area contributed by atoms with Gasteiger partial charge in [-0.25, -0.2) is 0 Å². The lowest BCUT2D eigenvalue weighted by atomic mass is 10.0. The molecule has 4 rings (SSSR count). The van der Waals surface area contributed by atoms with Crippen molar-refractivity contribution in [2.45, 2.75) is 13.0 Å². The molecule has 0 unspecified atom stereocenters. The first-order valence-corrected chi connectivity index (χ1v) is 8.52. The van der Waals surface area contributed by atoms with E-state index in [1.807, 2.05) is 18.2 Å². The topological polar surface area (TPSA) is 73.9 Å². The highest BCUT2D eigenvalue weighted by atomic mass is 35.5. The molecule has 23 heavy (non-hydrogen) atoms. The molecule has 6 nitrogen and oxygen atoms in total. The Labute approximate surface area is 141 Å². The Morgan fingerprint density at radius 1 is 1.48 bits per heavy atom. The zero-order valence-corrected chi connectivity index (χ0v) is 13.7. The highest BCUT2D eigenvalue weighted by molar-refractivity contribution is 7.13. The van der Waals surface area contributed by atoms with E-state index >= 15 is 0 Å². The third kappa shape index (κ3) is 2.95. The fraction of sp³-hybridized carbons (Fsp3) is 0.267. The molecule has 0 saturated carbocycles. The van der Waals surface area contributed by atoms with Gasteiger partial charge in [0, 0.05) is 41.1 Å². The number of hydrogen-bond donors (Lipinski definition) is 2. The second-order valence-corrected chi connectivity index (χ2v) is 6.79. The largest absolute Gasteiger partial charge is 0.358 e. The summed E-state index contributed by atoms with van der Waals surface area (Å²) in [6.45, 7) is 1.92. The molecule has 0 bridgehead atoms. The number of fused-ring (bicyclic) bond motifs is 3. The number of benzene rings is 1. The van der Waals surface area contributed by atoms with Crippen LogP contribution in [0.25, 0.3) is 10.9 Å². The van der Waals surface area contributed by atoms with Gasteiger partial charge >= 0.3 is 0 Å². The quantitative estimate of drug-likeness (QED) is 0.764. The van der Waals surface area contributed by atoms with Crippen molar-refractivity contribution in [3.05, 3.63) is 40.0 Å². The van der Waals surface area contributed by atoms with Crippen molar-refractivity contribution >= 4 is 44.9 Å². The number of carbonyl (C=O) groups excluding carboxylic acids is 1. The van der Waals surface area contributed by atoms with Gasteiger partial charge in [-0.1, -0.05) is 22.9 Å². The fourth-order valence-corrected chi connectivity index (χ4v) is 3.60. The summed E-state index contributed by atoms with van der Waals surface area (Å²) in [5.74, 6) is -0.0666. The van der Waals surface area contributed by atoms with E-state index in [1.165, 1.54) is 22.6 Å². The molecule has 3 aromatic rings. The number of aromatic amines is 1. The molecule has 0 atom stereocenters. The summed E-state index contributed by atoms with van der Waals surface area (Å²) in [6.07, 6.45) is 0.897. The van der Waals surface area contributed by atoms with Gasteiger partial charge in [-0.3, -0.25) is 15.0 Å². The summed E-state index contributed by atoms with van der Waals surface area (Å²) >= 11 is 7.43. The van der Waals surface area contributed by atoms with Crippen molar-refractivity contribution in [2.75, 3.05) is 18.4 Å². The van der Waals surface area contributed by atoms with Gasteiger partial charge in [-0.2, -0.15) is 0 Å². The van der Waals surface area contributed by atoms with E-state index in [1.54, 1.807) is 5.51 Å². The maximum absolute atomic E-state index is 12.1. The molecular formula is C15H14ClN5OS. The summed E-state index contributed by atoms with van der Waals surface area (Å²) in [5, 5.41) is 12.7. The number of H-pyrrole nitrogens is 1. The molecule has 0 aliphatic carbocycles. The summed E-state index contributed by atoms with van der Waals surface area (Å²) in [6, 6.07) is 5.87. The third-order valence-electron chi connectivity index (χ3n) is 3.99. The lowest BCUT2D eigenvalue weighted by Gasteiger charge is -2.26. The van der Waals surface area contributed by atoms with Crippen molar-refractivity contribution in [1.29, 1.82) is 0 Å². The van der Waals surface area contributed by atoms with Crippen molar-refractivity contribution in [3.8, 4) is 0 Å². The molecule has 8 heteroatoms. The maximum Gasteiger partial charge on any atom is 0.240 e. The highest BCUT2D eigenvalue weighted by Crippen LogP contribution is 2.29. The standard InChI is InChI=1S/C15H14ClN5OS/c16-9-1-2-12-10(5-9)11-6-21(4-3-13(11)18-12)7-14(22)19-15-20-17-8-23-15/h1-2,5,8,18H,3-4,6-7H2,(H,19,20,22). The number of hydrogen-bond acceptors (Lipinski definition) is 5. The fourth-order valence-electron chi connectivity index (χ4n) is 2.97. The number of anilines is 1. The Balaban J connectivity index is 1.50. The van der Waals surface area contributed by atoms with Crippen molar-refractivity contribution in [1.82, 2.24) is 20.1 Å². The molecule has 1 amide bonds. The zero-order chi connectivity index (χ0) is 15.8. The Hall–Kier alpha value is -1.96. The van der Waals surface area contributed by atoms with Gasteiger partial charge in [-0.15, -0.1) is 10.2 Å². The van der Waals surface area contributed by atoms with Crippen molar-refractivity contribution < 1.29 is 4.79 Å². The molecule has 1 aliphatic heterocycles. The second-order valence-electron chi connectivity index (χ2n) is 5.52. The molecule has 1 aromatic carbocycles. The highest BCUT2D eigenvalue weighted by Gasteiger charge is 2.22. The lowest BCUT2D eigenvalue weighted by molar-refractivity contribution is -0.117. The summed E-state index contributed by atoms with van der Waals surface area (Å²) in [4.78, 5) is 17.7. The van der Waals surface area contributed by atoms with E-state index in [9.17, 15) is 4.79 Å². The van der Waals surface area contributed by atoms with Crippen molar-refractivity contribution in [3.63, 3.8) is 0 Å². The van der Waals surface area contributed by atoms with Crippen molar-refractivity contribution in [2.24, 2.45) is 0 Å². The Kier molecular flexibility index (Phi) is 3.76. The normalized spacial score (nSPS) is 14.8. The molecule has 3 heterocycles. The van der Waals surface area contributed by atoms with E-state index in [0.29, 0.717) is 11.7 Å². The molecule has 0 spiro atoms. The number of nitrogens with one attached hydrogen (secondary N) is 2. The predicted octanol–water partition coefficient (Wildman–Crippen LogP) is 2.67. The first-order valence-electron chi connectivity index (χ1n) is 7.26. The van der Waals surface area contributed by atoms with Crippen LogP contribution in [0.5, 0.6) is 0 Å². The monoisotopic (exact) mass is 347 g/mol. The molecule has 2 N–H and O–H groups in total. The van der Waals surface area contributed by atoms with Crippen LogP contribution < -0.4 is 5.32 Å². The minimum atomic E-state index is -0.0666. The van der Waals surface area contributed by atoms with Gasteiger partial charge in [0.2, 0.25) is 11.0 Å². The SMILES string of the molecule is O=C(CN1CCc2[nH]c3ccc(Cl)cc3c2C1)Nc1nncs1. The average molecular weight is 348 g/mol. The first-order chi connectivity index (χ1) is 11.2. The molecule has 0 fully saturated rings. The van der Waals surface area contributed by atoms with Crippen LogP contribution in [0.15, 0.2) is 23.7 Å². The molecule has 2 aromatic heterocycles. The molecular weight excluding hydrogens is 334 g/mol. The Morgan fingerprint density at radius 2 is 2.39 bits per heavy atom. The number of nitrogens with zero attached hydrogens (tertiary/aromatic N) is 3. The van der Waals surface area contributed by atoms with Crippen LogP contribution in [0.2, 0.25) is 5.02 Å². The van der Waals surface area contributed by atoms with Crippen LogP contribution in [-0.4, -0.2) is 39.1 Å². The van der Waals surface area contributed by atoms with Crippen LogP contribution >= 0.6 is 22.9 Å². The van der Waals surface area contributed by atoms with E-state index in [4.69, 9.17) is 11.6 Å². The number of halogens is 1. The summed E-state index contributed by atoms with van der Waals surface area (Å²) in [5.41, 5.74) is 5.17. The van der Waals surface area contributed by atoms with Gasteiger partial charge in [0.1, 0.15) is 5.51 Å². The summed E-state index contributed by atoms with van der Waals surface area (Å²) < 4.78 is 0. The first kappa shape index (κ1) is 14.6. The molecule has 0 saturated heterocycles. The molecule has 1 aliphatic rings. The van der Waals surface area contributed by atoms with Gasteiger partial charge in [0.05, 0.1) is 6.54 Å². The van der Waals surface area contributed by atoms with Gasteiger partial charge in [0.15, 0.2) is 0 Å². The number of rotatable bonds is 3. The Morgan fingerprint density at radius 3 is 3.22 bits per heavy atom. The van der Waals surface area contributed by atoms with Gasteiger partial charge < -0.3 is 4.98 Å². The van der Waals surface area contributed by atoms with Crippen LogP contribution in [0.1, 0.15) is 11.3 Å². The minimum absolute atomic E-state index is 0.0666. The number of carbonyl (C=O) groups is 1. The van der Waals surface area contributed by atoms with Gasteiger partial charge in [0.25, 0.3) is 0 Å². The molecule has 0 radical (unpaired) electrons. The van der Waals surface area contributed by atoms with E-state index in [2.05, 4.69) is 25.4 Å². The average Bonchev–Trinajstić information content (AvgIpc) is 3.14. The third-order valence-corrected chi connectivity index (χ3v) is 4.83. The van der Waals surface area contributed by atoms with Gasteiger partial charge in [-0.05, 0) is 23.8 Å². The van der Waals surface area contributed by atoms with Crippen LogP contribution in [0, 0.1) is 0 Å². The Bertz CT molecular complexity index is 860. The number of aromatic nitrogens is 3. The second kappa shape index (κ2) is 5.92. The predicted molar refractivity (Wildman–Crippen MR) is 90.8 cm³/mol. The van der Waals surface area contributed by atoms with E-state index in [0.717, 1.165) is 35.4 Å². The minimum Gasteiger partial charge on any atom is -0.358 e. The maximum atomic E-state index is 12.1. The number of amides is 1. The van der Waals surface area contributed by atoms with E-state index in [-0.39, 0.29) is 5.91 Å². The van der Waals surface area contributed by atoms with Crippen LogP contribution in [0.4, 0.5) is 5.13 Å². The van der Waals surface area contributed by atoms with Crippen LogP contribution in [-0.2, 0) is 17.8 Å². The van der Waals surface area contributed by atoms with Crippen LogP contribution in [0.3, 0.4) is 0 Å².